The summed E-state index contributed by atoms with van der Waals surface area (Å²) in [6.07, 6.45) is 4.15. The van der Waals surface area contributed by atoms with Crippen LogP contribution in [0, 0.1) is 0 Å². The number of aromatic nitrogens is 1. The Balaban J connectivity index is 1.80. The molecule has 1 atom stereocenters. The van der Waals surface area contributed by atoms with E-state index in [2.05, 4.69) is 10.3 Å². The number of carbonyl (C=O) groups is 1. The molecule has 0 radical (unpaired) electrons. The van der Waals surface area contributed by atoms with Gasteiger partial charge in [-0.2, -0.15) is 0 Å². The number of pyridine rings is 1. The summed E-state index contributed by atoms with van der Waals surface area (Å²) < 4.78 is 0. The van der Waals surface area contributed by atoms with Crippen molar-refractivity contribution in [1.82, 2.24) is 4.98 Å². The Bertz CT molecular complexity index is 830. The number of hydrogen-bond acceptors (Lipinski definition) is 3. The zero-order chi connectivity index (χ0) is 18.4. The molecule has 4 heteroatoms. The summed E-state index contributed by atoms with van der Waals surface area (Å²) in [5.74, 6) is -0.266. The lowest BCUT2D eigenvalue weighted by Crippen LogP contribution is -2.23. The Labute approximate surface area is 154 Å². The van der Waals surface area contributed by atoms with Crippen LogP contribution < -0.4 is 10.2 Å². The standard InChI is InChI=1S/C22H23N3O/c1-25(2)20-10-8-19(9-11-20)24-22(26)21(18-6-4-3-5-7-18)16-17-12-14-23-15-13-17/h3-15,21H,16H2,1-2H3,(H,24,26). The summed E-state index contributed by atoms with van der Waals surface area (Å²) in [4.78, 5) is 19.1. The molecular weight excluding hydrogens is 322 g/mol. The molecule has 26 heavy (non-hydrogen) atoms. The molecule has 3 rings (SSSR count). The SMILES string of the molecule is CN(C)c1ccc(NC(=O)C(Cc2ccncc2)c2ccccc2)cc1. The van der Waals surface area contributed by atoms with E-state index in [0.29, 0.717) is 6.42 Å². The van der Waals surface area contributed by atoms with Gasteiger partial charge in [-0.25, -0.2) is 0 Å². The highest BCUT2D eigenvalue weighted by molar-refractivity contribution is 5.96. The van der Waals surface area contributed by atoms with Crippen LogP contribution in [0.25, 0.3) is 0 Å². The predicted molar refractivity (Wildman–Crippen MR) is 107 cm³/mol. The molecule has 0 spiro atoms. The zero-order valence-corrected chi connectivity index (χ0v) is 15.1. The van der Waals surface area contributed by atoms with Gasteiger partial charge in [-0.3, -0.25) is 9.78 Å². The van der Waals surface area contributed by atoms with Crippen LogP contribution in [0.2, 0.25) is 0 Å². The van der Waals surface area contributed by atoms with Gasteiger partial charge >= 0.3 is 0 Å². The Morgan fingerprint density at radius 2 is 1.62 bits per heavy atom. The summed E-state index contributed by atoms with van der Waals surface area (Å²) >= 11 is 0. The van der Waals surface area contributed by atoms with Gasteiger partial charge in [0.25, 0.3) is 0 Å². The third-order valence-electron chi connectivity index (χ3n) is 4.36. The first-order chi connectivity index (χ1) is 12.6. The first kappa shape index (κ1) is 17.7. The molecule has 1 unspecified atom stereocenters. The van der Waals surface area contributed by atoms with Crippen LogP contribution in [0.3, 0.4) is 0 Å². The Kier molecular flexibility index (Phi) is 5.64. The lowest BCUT2D eigenvalue weighted by atomic mass is 9.91. The average Bonchev–Trinajstić information content (AvgIpc) is 2.68. The highest BCUT2D eigenvalue weighted by Gasteiger charge is 2.21. The van der Waals surface area contributed by atoms with E-state index in [4.69, 9.17) is 0 Å². The van der Waals surface area contributed by atoms with Crippen LogP contribution in [0.5, 0.6) is 0 Å². The van der Waals surface area contributed by atoms with Crippen molar-refractivity contribution in [2.24, 2.45) is 0 Å². The molecule has 0 aliphatic heterocycles. The number of amides is 1. The van der Waals surface area contributed by atoms with Crippen molar-refractivity contribution >= 4 is 17.3 Å². The Hall–Kier alpha value is -3.14. The lowest BCUT2D eigenvalue weighted by molar-refractivity contribution is -0.117. The summed E-state index contributed by atoms with van der Waals surface area (Å²) in [6, 6.07) is 21.7. The van der Waals surface area contributed by atoms with E-state index in [9.17, 15) is 4.79 Å². The molecule has 1 heterocycles. The largest absolute Gasteiger partial charge is 0.378 e. The maximum absolute atomic E-state index is 13.0. The Morgan fingerprint density at radius 3 is 2.23 bits per heavy atom. The minimum atomic E-state index is -0.257. The summed E-state index contributed by atoms with van der Waals surface area (Å²) in [5, 5.41) is 3.05. The van der Waals surface area contributed by atoms with Gasteiger partial charge in [0.15, 0.2) is 0 Å². The minimum absolute atomic E-state index is 0.00869. The van der Waals surface area contributed by atoms with Gasteiger partial charge in [-0.05, 0) is 53.9 Å². The molecule has 1 N–H and O–H groups in total. The van der Waals surface area contributed by atoms with Crippen molar-refractivity contribution in [3.63, 3.8) is 0 Å². The van der Waals surface area contributed by atoms with Crippen LogP contribution in [0.1, 0.15) is 17.0 Å². The van der Waals surface area contributed by atoms with Crippen molar-refractivity contribution < 1.29 is 4.79 Å². The van der Waals surface area contributed by atoms with E-state index in [1.54, 1.807) is 12.4 Å². The van der Waals surface area contributed by atoms with Crippen molar-refractivity contribution in [2.75, 3.05) is 24.3 Å². The minimum Gasteiger partial charge on any atom is -0.378 e. The molecule has 1 aromatic heterocycles. The molecule has 0 saturated heterocycles. The number of rotatable bonds is 6. The van der Waals surface area contributed by atoms with Crippen LogP contribution >= 0.6 is 0 Å². The number of nitrogens with zero attached hydrogens (tertiary/aromatic N) is 2. The highest BCUT2D eigenvalue weighted by Crippen LogP contribution is 2.24. The molecule has 132 valence electrons. The predicted octanol–water partition coefficient (Wildman–Crippen LogP) is 4.11. The van der Waals surface area contributed by atoms with Crippen LogP contribution in [0.4, 0.5) is 11.4 Å². The monoisotopic (exact) mass is 345 g/mol. The highest BCUT2D eigenvalue weighted by atomic mass is 16.1. The quantitative estimate of drug-likeness (QED) is 0.731. The summed E-state index contributed by atoms with van der Waals surface area (Å²) in [5.41, 5.74) is 3.99. The topological polar surface area (TPSA) is 45.2 Å². The third kappa shape index (κ3) is 4.48. The molecule has 0 bridgehead atoms. The van der Waals surface area contributed by atoms with E-state index >= 15 is 0 Å². The van der Waals surface area contributed by atoms with Crippen molar-refractivity contribution in [3.05, 3.63) is 90.3 Å². The molecule has 2 aromatic carbocycles. The molecule has 0 aliphatic carbocycles. The van der Waals surface area contributed by atoms with Crippen molar-refractivity contribution in [2.45, 2.75) is 12.3 Å². The van der Waals surface area contributed by atoms with Gasteiger partial charge in [0.1, 0.15) is 0 Å². The fourth-order valence-corrected chi connectivity index (χ4v) is 2.87. The zero-order valence-electron chi connectivity index (χ0n) is 15.1. The van der Waals surface area contributed by atoms with Crippen LogP contribution in [0.15, 0.2) is 79.1 Å². The summed E-state index contributed by atoms with van der Waals surface area (Å²) in [7, 11) is 3.99. The average molecular weight is 345 g/mol. The van der Waals surface area contributed by atoms with Crippen molar-refractivity contribution in [3.8, 4) is 0 Å². The van der Waals surface area contributed by atoms with E-state index in [1.165, 1.54) is 0 Å². The number of nitrogens with one attached hydrogen (secondary N) is 1. The number of anilines is 2. The second-order valence-electron chi connectivity index (χ2n) is 6.45. The molecule has 3 aromatic rings. The molecule has 0 saturated carbocycles. The summed E-state index contributed by atoms with van der Waals surface area (Å²) in [6.45, 7) is 0. The van der Waals surface area contributed by atoms with E-state index in [-0.39, 0.29) is 11.8 Å². The maximum Gasteiger partial charge on any atom is 0.232 e. The van der Waals surface area contributed by atoms with Crippen LogP contribution in [-0.4, -0.2) is 25.0 Å². The second-order valence-corrected chi connectivity index (χ2v) is 6.45. The van der Waals surface area contributed by atoms with Crippen molar-refractivity contribution in [1.29, 1.82) is 0 Å². The first-order valence-corrected chi connectivity index (χ1v) is 8.65. The molecule has 0 fully saturated rings. The van der Waals surface area contributed by atoms with Gasteiger partial charge in [0, 0.05) is 37.9 Å². The van der Waals surface area contributed by atoms with E-state index in [1.807, 2.05) is 85.7 Å². The maximum atomic E-state index is 13.0. The van der Waals surface area contributed by atoms with E-state index in [0.717, 1.165) is 22.5 Å². The Morgan fingerprint density at radius 1 is 0.962 bits per heavy atom. The molecule has 0 aliphatic rings. The lowest BCUT2D eigenvalue weighted by Gasteiger charge is -2.18. The van der Waals surface area contributed by atoms with Gasteiger partial charge in [-0.1, -0.05) is 30.3 Å². The second kappa shape index (κ2) is 8.30. The normalized spacial score (nSPS) is 11.6. The number of benzene rings is 2. The molecule has 4 nitrogen and oxygen atoms in total. The van der Waals surface area contributed by atoms with Crippen LogP contribution in [-0.2, 0) is 11.2 Å². The first-order valence-electron chi connectivity index (χ1n) is 8.65. The van der Waals surface area contributed by atoms with Gasteiger partial charge in [0.2, 0.25) is 5.91 Å². The number of hydrogen-bond donors (Lipinski definition) is 1. The van der Waals surface area contributed by atoms with Gasteiger partial charge in [0.05, 0.1) is 5.92 Å². The van der Waals surface area contributed by atoms with Gasteiger partial charge < -0.3 is 10.2 Å². The molecule has 1 amide bonds. The smallest absolute Gasteiger partial charge is 0.232 e. The third-order valence-corrected chi connectivity index (χ3v) is 4.36. The molecular formula is C22H23N3O. The fraction of sp³-hybridized carbons (Fsp3) is 0.182. The fourth-order valence-electron chi connectivity index (χ4n) is 2.87. The number of carbonyl (C=O) groups excluding carboxylic acids is 1. The van der Waals surface area contributed by atoms with Gasteiger partial charge in [-0.15, -0.1) is 0 Å². The van der Waals surface area contributed by atoms with E-state index < -0.39 is 0 Å².